The first-order valence-electron chi connectivity index (χ1n) is 11.0. The SMILES string of the molecule is Cc1nccnc1[C@@H]1CCC[C@H](c2nc3cccc(N4CCN(C)CC4)c3[nH]2)N1C. The maximum Gasteiger partial charge on any atom is 0.124 e. The molecule has 2 aliphatic rings. The van der Waals surface area contributed by atoms with E-state index in [1.165, 1.54) is 11.2 Å². The predicted octanol–water partition coefficient (Wildman–Crippen LogP) is 3.31. The number of nitrogens with one attached hydrogen (secondary N) is 1. The number of para-hydroxylation sites is 1. The van der Waals surface area contributed by atoms with Gasteiger partial charge in [0.1, 0.15) is 5.82 Å². The van der Waals surface area contributed by atoms with E-state index in [-0.39, 0.29) is 12.1 Å². The Balaban J connectivity index is 1.46. The monoisotopic (exact) mass is 405 g/mol. The van der Waals surface area contributed by atoms with Gasteiger partial charge in [-0.1, -0.05) is 6.07 Å². The van der Waals surface area contributed by atoms with Crippen molar-refractivity contribution in [3.8, 4) is 0 Å². The number of rotatable bonds is 3. The summed E-state index contributed by atoms with van der Waals surface area (Å²) in [7, 11) is 4.40. The molecule has 4 heterocycles. The number of aryl methyl sites for hydroxylation is 1. The van der Waals surface area contributed by atoms with Crippen molar-refractivity contribution >= 4 is 16.7 Å². The van der Waals surface area contributed by atoms with Gasteiger partial charge in [-0.25, -0.2) is 4.98 Å². The van der Waals surface area contributed by atoms with E-state index in [4.69, 9.17) is 4.98 Å². The van der Waals surface area contributed by atoms with Crippen LogP contribution >= 0.6 is 0 Å². The fourth-order valence-corrected chi connectivity index (χ4v) is 5.04. The average Bonchev–Trinajstić information content (AvgIpc) is 3.19. The third-order valence-electron chi connectivity index (χ3n) is 6.85. The third kappa shape index (κ3) is 3.46. The zero-order valence-corrected chi connectivity index (χ0v) is 18.2. The molecule has 158 valence electrons. The van der Waals surface area contributed by atoms with Crippen molar-refractivity contribution in [3.63, 3.8) is 0 Å². The molecule has 5 rings (SSSR count). The summed E-state index contributed by atoms with van der Waals surface area (Å²) in [5, 5.41) is 0. The van der Waals surface area contributed by atoms with E-state index in [1.54, 1.807) is 6.20 Å². The Morgan fingerprint density at radius 1 is 0.967 bits per heavy atom. The molecule has 2 saturated heterocycles. The molecule has 7 nitrogen and oxygen atoms in total. The van der Waals surface area contributed by atoms with Gasteiger partial charge in [-0.15, -0.1) is 0 Å². The van der Waals surface area contributed by atoms with Gasteiger partial charge in [0, 0.05) is 38.6 Å². The molecule has 0 spiro atoms. The Labute approximate surface area is 178 Å². The van der Waals surface area contributed by atoms with Crippen molar-refractivity contribution in [1.29, 1.82) is 0 Å². The number of piperazine rings is 1. The molecular weight excluding hydrogens is 374 g/mol. The van der Waals surface area contributed by atoms with Crippen LogP contribution in [0.3, 0.4) is 0 Å². The first kappa shape index (κ1) is 19.5. The van der Waals surface area contributed by atoms with Gasteiger partial charge in [-0.3, -0.25) is 14.9 Å². The number of piperidine rings is 1. The van der Waals surface area contributed by atoms with Gasteiger partial charge in [-0.2, -0.15) is 0 Å². The molecule has 2 aromatic heterocycles. The van der Waals surface area contributed by atoms with Crippen LogP contribution in [0, 0.1) is 6.92 Å². The van der Waals surface area contributed by atoms with E-state index in [2.05, 4.69) is 68.9 Å². The summed E-state index contributed by atoms with van der Waals surface area (Å²) < 4.78 is 0. The van der Waals surface area contributed by atoms with E-state index >= 15 is 0 Å². The number of anilines is 1. The van der Waals surface area contributed by atoms with Gasteiger partial charge in [0.2, 0.25) is 0 Å². The first-order valence-corrected chi connectivity index (χ1v) is 11.0. The number of hydrogen-bond acceptors (Lipinski definition) is 6. The molecule has 0 aliphatic carbocycles. The minimum Gasteiger partial charge on any atom is -0.367 e. The molecule has 0 radical (unpaired) electrons. The van der Waals surface area contributed by atoms with Gasteiger partial charge in [0.25, 0.3) is 0 Å². The number of nitrogens with zero attached hydrogens (tertiary/aromatic N) is 6. The lowest BCUT2D eigenvalue weighted by atomic mass is 9.93. The number of likely N-dealkylation sites (N-methyl/N-ethyl adjacent to an activating group) is 1. The number of aromatic amines is 1. The smallest absolute Gasteiger partial charge is 0.124 e. The summed E-state index contributed by atoms with van der Waals surface area (Å²) in [5.74, 6) is 1.07. The van der Waals surface area contributed by atoms with Crippen LogP contribution in [0.4, 0.5) is 5.69 Å². The van der Waals surface area contributed by atoms with Crippen molar-refractivity contribution in [1.82, 2.24) is 29.7 Å². The maximum atomic E-state index is 5.04. The standard InChI is InChI=1S/C23H31N7/c1-16-21(25-11-10-24-16)18-7-5-9-20(29(18)3)23-26-17-6-4-8-19(22(17)27-23)30-14-12-28(2)13-15-30/h4,6,8,10-11,18,20H,5,7,9,12-15H2,1-3H3,(H,26,27)/t18-,20+/m0/s1. The van der Waals surface area contributed by atoms with E-state index in [1.807, 2.05) is 6.20 Å². The van der Waals surface area contributed by atoms with Crippen molar-refractivity contribution < 1.29 is 0 Å². The Morgan fingerprint density at radius 3 is 2.53 bits per heavy atom. The number of hydrogen-bond donors (Lipinski definition) is 1. The fourth-order valence-electron chi connectivity index (χ4n) is 5.04. The number of likely N-dealkylation sites (tertiary alicyclic amines) is 1. The van der Waals surface area contributed by atoms with Gasteiger partial charge >= 0.3 is 0 Å². The lowest BCUT2D eigenvalue weighted by Gasteiger charge is -2.38. The molecule has 1 N–H and O–H groups in total. The van der Waals surface area contributed by atoms with Crippen LogP contribution in [0.5, 0.6) is 0 Å². The molecule has 0 bridgehead atoms. The number of benzene rings is 1. The van der Waals surface area contributed by atoms with Crippen molar-refractivity contribution in [2.45, 2.75) is 38.3 Å². The van der Waals surface area contributed by atoms with E-state index in [9.17, 15) is 0 Å². The van der Waals surface area contributed by atoms with Crippen LogP contribution in [0.25, 0.3) is 11.0 Å². The van der Waals surface area contributed by atoms with Crippen LogP contribution in [0.1, 0.15) is 48.6 Å². The summed E-state index contributed by atoms with van der Waals surface area (Å²) in [6, 6.07) is 7.03. The summed E-state index contributed by atoms with van der Waals surface area (Å²) in [6.07, 6.45) is 6.97. The largest absolute Gasteiger partial charge is 0.367 e. The Morgan fingerprint density at radius 2 is 1.73 bits per heavy atom. The van der Waals surface area contributed by atoms with Gasteiger partial charge in [0.15, 0.2) is 0 Å². The number of H-pyrrole nitrogens is 1. The molecule has 30 heavy (non-hydrogen) atoms. The number of aromatic nitrogens is 4. The second-order valence-corrected chi connectivity index (χ2v) is 8.74. The van der Waals surface area contributed by atoms with Crippen molar-refractivity contribution in [3.05, 3.63) is 47.8 Å². The summed E-state index contributed by atoms with van der Waals surface area (Å²) in [4.78, 5) is 25.2. The van der Waals surface area contributed by atoms with Crippen molar-refractivity contribution in [2.75, 3.05) is 45.2 Å². The molecule has 3 aromatic rings. The minimum absolute atomic E-state index is 0.262. The Kier molecular flexibility index (Phi) is 5.16. The first-order chi connectivity index (χ1) is 14.6. The third-order valence-corrected chi connectivity index (χ3v) is 6.85. The van der Waals surface area contributed by atoms with Crippen LogP contribution in [-0.4, -0.2) is 70.0 Å². The second-order valence-electron chi connectivity index (χ2n) is 8.74. The second kappa shape index (κ2) is 7.96. The molecule has 2 atom stereocenters. The van der Waals surface area contributed by atoms with E-state index in [0.717, 1.165) is 68.2 Å². The zero-order chi connectivity index (χ0) is 20.7. The van der Waals surface area contributed by atoms with Gasteiger partial charge < -0.3 is 14.8 Å². The van der Waals surface area contributed by atoms with E-state index in [0.29, 0.717) is 0 Å². The van der Waals surface area contributed by atoms with E-state index < -0.39 is 0 Å². The lowest BCUT2D eigenvalue weighted by molar-refractivity contribution is 0.106. The lowest BCUT2D eigenvalue weighted by Crippen LogP contribution is -2.44. The Hall–Kier alpha value is -2.51. The highest BCUT2D eigenvalue weighted by Gasteiger charge is 2.33. The highest BCUT2D eigenvalue weighted by Crippen LogP contribution is 2.40. The predicted molar refractivity (Wildman–Crippen MR) is 120 cm³/mol. The van der Waals surface area contributed by atoms with Gasteiger partial charge in [0.05, 0.1) is 40.2 Å². The zero-order valence-electron chi connectivity index (χ0n) is 18.2. The summed E-state index contributed by atoms with van der Waals surface area (Å²) >= 11 is 0. The molecule has 2 aliphatic heterocycles. The minimum atomic E-state index is 0.262. The molecule has 0 unspecified atom stereocenters. The highest BCUT2D eigenvalue weighted by molar-refractivity contribution is 5.89. The fraction of sp³-hybridized carbons (Fsp3) is 0.522. The number of imidazole rings is 1. The number of fused-ring (bicyclic) bond motifs is 1. The van der Waals surface area contributed by atoms with Crippen LogP contribution in [0.15, 0.2) is 30.6 Å². The summed E-state index contributed by atoms with van der Waals surface area (Å²) in [5.41, 5.74) is 5.63. The van der Waals surface area contributed by atoms with Crippen LogP contribution in [-0.2, 0) is 0 Å². The quantitative estimate of drug-likeness (QED) is 0.721. The molecule has 0 amide bonds. The highest BCUT2D eigenvalue weighted by atomic mass is 15.3. The average molecular weight is 406 g/mol. The molecule has 7 heteroatoms. The normalized spacial score (nSPS) is 23.9. The molecule has 0 saturated carbocycles. The van der Waals surface area contributed by atoms with Crippen molar-refractivity contribution in [2.24, 2.45) is 0 Å². The topological polar surface area (TPSA) is 64.2 Å². The van der Waals surface area contributed by atoms with Gasteiger partial charge in [-0.05, 0) is 52.4 Å². The van der Waals surface area contributed by atoms with Crippen LogP contribution in [0.2, 0.25) is 0 Å². The summed E-state index contributed by atoms with van der Waals surface area (Å²) in [6.45, 7) is 6.37. The molecular formula is C23H31N7. The molecule has 2 fully saturated rings. The van der Waals surface area contributed by atoms with Crippen LogP contribution < -0.4 is 4.90 Å². The maximum absolute atomic E-state index is 5.04. The molecule has 1 aromatic carbocycles. The Bertz CT molecular complexity index is 1020.